The monoisotopic (exact) mass is 210 g/mol. The summed E-state index contributed by atoms with van der Waals surface area (Å²) in [5.74, 6) is -1.59. The molecular formula is C11H11FO3. The van der Waals surface area contributed by atoms with Gasteiger partial charge in [0, 0.05) is 5.56 Å². The summed E-state index contributed by atoms with van der Waals surface area (Å²) in [6.45, 7) is 0. The maximum atomic E-state index is 13.4. The lowest BCUT2D eigenvalue weighted by Gasteiger charge is -2.42. The first-order valence-corrected chi connectivity index (χ1v) is 4.73. The first-order valence-electron chi connectivity index (χ1n) is 4.73. The molecule has 0 spiro atoms. The van der Waals surface area contributed by atoms with Gasteiger partial charge in [-0.2, -0.15) is 0 Å². The van der Waals surface area contributed by atoms with Crippen LogP contribution >= 0.6 is 0 Å². The third kappa shape index (κ3) is 1.41. The van der Waals surface area contributed by atoms with Gasteiger partial charge in [-0.3, -0.25) is 4.79 Å². The molecule has 0 amide bonds. The first kappa shape index (κ1) is 10.1. The molecule has 1 saturated carbocycles. The zero-order valence-electron chi connectivity index (χ0n) is 7.98. The number of benzene rings is 1. The van der Waals surface area contributed by atoms with E-state index in [4.69, 9.17) is 5.11 Å². The highest BCUT2D eigenvalue weighted by molar-refractivity contribution is 5.83. The number of carboxylic acid groups (broad SMARTS) is 1. The van der Waals surface area contributed by atoms with Gasteiger partial charge in [0.25, 0.3) is 0 Å². The van der Waals surface area contributed by atoms with Crippen LogP contribution in [-0.2, 0) is 10.2 Å². The molecular weight excluding hydrogens is 199 g/mol. The lowest BCUT2D eigenvalue weighted by atomic mass is 9.62. The van der Waals surface area contributed by atoms with Crippen molar-refractivity contribution in [2.75, 3.05) is 0 Å². The lowest BCUT2D eigenvalue weighted by molar-refractivity contribution is -0.153. The molecule has 3 nitrogen and oxygen atoms in total. The highest BCUT2D eigenvalue weighted by Gasteiger charge is 2.52. The van der Waals surface area contributed by atoms with E-state index in [0.29, 0.717) is 0 Å². The van der Waals surface area contributed by atoms with Crippen LogP contribution in [0.3, 0.4) is 0 Å². The molecule has 0 heterocycles. The Labute approximate surface area is 86.2 Å². The molecule has 0 radical (unpaired) electrons. The summed E-state index contributed by atoms with van der Waals surface area (Å²) in [5.41, 5.74) is -1.06. The van der Waals surface area contributed by atoms with E-state index in [1.165, 1.54) is 18.2 Å². The summed E-state index contributed by atoms with van der Waals surface area (Å²) >= 11 is 0. The second-order valence-corrected chi connectivity index (χ2v) is 3.93. The quantitative estimate of drug-likeness (QED) is 0.773. The standard InChI is InChI=1S/C11H11FO3/c12-9-4-2-1-3-8(9)11(10(14)15)5-7(13)6-11/h1-4,7,13H,5-6H2,(H,14,15). The topological polar surface area (TPSA) is 57.5 Å². The Kier molecular flexibility index (Phi) is 2.23. The predicted octanol–water partition coefficient (Wildman–Crippen LogP) is 1.30. The smallest absolute Gasteiger partial charge is 0.314 e. The number of carbonyl (C=O) groups is 1. The molecule has 0 unspecified atom stereocenters. The van der Waals surface area contributed by atoms with E-state index in [-0.39, 0.29) is 18.4 Å². The Balaban J connectivity index is 2.43. The third-order valence-electron chi connectivity index (χ3n) is 2.97. The van der Waals surface area contributed by atoms with Crippen molar-refractivity contribution in [3.63, 3.8) is 0 Å². The SMILES string of the molecule is O=C(O)C1(c2ccccc2F)CC(O)C1. The van der Waals surface area contributed by atoms with Crippen molar-refractivity contribution < 1.29 is 19.4 Å². The fraction of sp³-hybridized carbons (Fsp3) is 0.364. The molecule has 4 heteroatoms. The lowest BCUT2D eigenvalue weighted by Crippen LogP contribution is -2.51. The molecule has 80 valence electrons. The molecule has 0 aromatic heterocycles. The van der Waals surface area contributed by atoms with Crippen molar-refractivity contribution in [2.24, 2.45) is 0 Å². The number of aliphatic carboxylic acids is 1. The van der Waals surface area contributed by atoms with Gasteiger partial charge in [0.15, 0.2) is 0 Å². The normalized spacial score (nSPS) is 29.6. The van der Waals surface area contributed by atoms with Crippen molar-refractivity contribution in [3.8, 4) is 0 Å². The van der Waals surface area contributed by atoms with Gasteiger partial charge < -0.3 is 10.2 Å². The second-order valence-electron chi connectivity index (χ2n) is 3.93. The molecule has 1 aromatic carbocycles. The van der Waals surface area contributed by atoms with E-state index in [2.05, 4.69) is 0 Å². The van der Waals surface area contributed by atoms with E-state index >= 15 is 0 Å². The number of aliphatic hydroxyl groups is 1. The van der Waals surface area contributed by atoms with Crippen LogP contribution in [0.15, 0.2) is 24.3 Å². The molecule has 1 fully saturated rings. The Morgan fingerprint density at radius 2 is 2.00 bits per heavy atom. The van der Waals surface area contributed by atoms with Gasteiger partial charge in [0.2, 0.25) is 0 Å². The van der Waals surface area contributed by atoms with Gasteiger partial charge in [-0.05, 0) is 18.9 Å². The molecule has 1 aliphatic carbocycles. The number of aliphatic hydroxyl groups excluding tert-OH is 1. The summed E-state index contributed by atoms with van der Waals surface area (Å²) < 4.78 is 13.4. The van der Waals surface area contributed by atoms with Crippen LogP contribution in [0.25, 0.3) is 0 Å². The van der Waals surface area contributed by atoms with Crippen LogP contribution in [0.1, 0.15) is 18.4 Å². The Morgan fingerprint density at radius 3 is 2.47 bits per heavy atom. The summed E-state index contributed by atoms with van der Waals surface area (Å²) in [6.07, 6.45) is -0.465. The molecule has 0 atom stereocenters. The summed E-state index contributed by atoms with van der Waals surface area (Å²) in [6, 6.07) is 5.83. The van der Waals surface area contributed by atoms with Crippen LogP contribution in [0.4, 0.5) is 4.39 Å². The zero-order chi connectivity index (χ0) is 11.1. The minimum absolute atomic E-state index is 0.0866. The fourth-order valence-electron chi connectivity index (χ4n) is 2.10. The summed E-state index contributed by atoms with van der Waals surface area (Å²) in [4.78, 5) is 11.1. The zero-order valence-corrected chi connectivity index (χ0v) is 7.98. The molecule has 2 rings (SSSR count). The van der Waals surface area contributed by atoms with Crippen molar-refractivity contribution in [1.82, 2.24) is 0 Å². The van der Waals surface area contributed by atoms with Gasteiger partial charge in [-0.25, -0.2) is 4.39 Å². The van der Waals surface area contributed by atoms with E-state index in [9.17, 15) is 14.3 Å². The molecule has 0 saturated heterocycles. The van der Waals surface area contributed by atoms with Crippen molar-refractivity contribution in [3.05, 3.63) is 35.6 Å². The maximum absolute atomic E-state index is 13.4. The molecule has 1 aromatic rings. The Morgan fingerprint density at radius 1 is 1.40 bits per heavy atom. The van der Waals surface area contributed by atoms with Crippen LogP contribution in [0.2, 0.25) is 0 Å². The van der Waals surface area contributed by atoms with Crippen LogP contribution in [0, 0.1) is 5.82 Å². The van der Waals surface area contributed by atoms with Crippen LogP contribution in [-0.4, -0.2) is 22.3 Å². The number of halogens is 1. The number of carboxylic acids is 1. The Bertz CT molecular complexity index is 397. The third-order valence-corrected chi connectivity index (χ3v) is 2.97. The van der Waals surface area contributed by atoms with Gasteiger partial charge in [0.1, 0.15) is 11.2 Å². The van der Waals surface area contributed by atoms with E-state index < -0.39 is 23.3 Å². The van der Waals surface area contributed by atoms with E-state index in [1.807, 2.05) is 0 Å². The van der Waals surface area contributed by atoms with Gasteiger partial charge in [0.05, 0.1) is 6.10 Å². The minimum atomic E-state index is -1.23. The predicted molar refractivity (Wildman–Crippen MR) is 51.0 cm³/mol. The van der Waals surface area contributed by atoms with E-state index in [0.717, 1.165) is 0 Å². The van der Waals surface area contributed by atoms with Crippen LogP contribution < -0.4 is 0 Å². The molecule has 0 aliphatic heterocycles. The minimum Gasteiger partial charge on any atom is -0.481 e. The van der Waals surface area contributed by atoms with Gasteiger partial charge in [-0.1, -0.05) is 18.2 Å². The molecule has 2 N–H and O–H groups in total. The molecule has 1 aliphatic rings. The highest BCUT2D eigenvalue weighted by Crippen LogP contribution is 2.44. The highest BCUT2D eigenvalue weighted by atomic mass is 19.1. The fourth-order valence-corrected chi connectivity index (χ4v) is 2.10. The maximum Gasteiger partial charge on any atom is 0.314 e. The number of hydrogen-bond donors (Lipinski definition) is 2. The molecule has 15 heavy (non-hydrogen) atoms. The average Bonchev–Trinajstić information content (AvgIpc) is 2.13. The van der Waals surface area contributed by atoms with Crippen molar-refractivity contribution in [1.29, 1.82) is 0 Å². The number of rotatable bonds is 2. The van der Waals surface area contributed by atoms with E-state index in [1.54, 1.807) is 6.07 Å². The number of hydrogen-bond acceptors (Lipinski definition) is 2. The molecule has 0 bridgehead atoms. The summed E-state index contributed by atoms with van der Waals surface area (Å²) in [5, 5.41) is 18.3. The summed E-state index contributed by atoms with van der Waals surface area (Å²) in [7, 11) is 0. The van der Waals surface area contributed by atoms with Crippen LogP contribution in [0.5, 0.6) is 0 Å². The van der Waals surface area contributed by atoms with Gasteiger partial charge in [-0.15, -0.1) is 0 Å². The van der Waals surface area contributed by atoms with Gasteiger partial charge >= 0.3 is 5.97 Å². The van der Waals surface area contributed by atoms with Crippen molar-refractivity contribution >= 4 is 5.97 Å². The van der Waals surface area contributed by atoms with Crippen molar-refractivity contribution in [2.45, 2.75) is 24.4 Å². The Hall–Kier alpha value is -1.42. The largest absolute Gasteiger partial charge is 0.481 e. The average molecular weight is 210 g/mol. The second kappa shape index (κ2) is 3.31. The first-order chi connectivity index (χ1) is 7.06.